The van der Waals surface area contributed by atoms with Gasteiger partial charge in [0.1, 0.15) is 5.15 Å². The Balaban J connectivity index is 1.62. The zero-order valence-electron chi connectivity index (χ0n) is 11.7. The molecular formula is C16H15ClN2OS. The molecule has 0 saturated carbocycles. The molecule has 0 spiro atoms. The van der Waals surface area contributed by atoms with Gasteiger partial charge in [0.05, 0.1) is 29.9 Å². The maximum absolute atomic E-state index is 6.21. The Bertz CT molecular complexity index is 757. The van der Waals surface area contributed by atoms with Gasteiger partial charge in [-0.2, -0.15) is 0 Å². The van der Waals surface area contributed by atoms with E-state index in [0.29, 0.717) is 18.4 Å². The molecule has 0 aliphatic rings. The van der Waals surface area contributed by atoms with Gasteiger partial charge in [-0.25, -0.2) is 9.97 Å². The number of fused-ring (bicyclic) bond motifs is 1. The molecule has 5 heteroatoms. The number of pyridine rings is 1. The third-order valence-corrected chi connectivity index (χ3v) is 4.65. The van der Waals surface area contributed by atoms with E-state index in [1.807, 2.05) is 42.8 Å². The number of halogens is 1. The van der Waals surface area contributed by atoms with Gasteiger partial charge in [0.2, 0.25) is 0 Å². The number of aromatic nitrogens is 2. The van der Waals surface area contributed by atoms with Crippen LogP contribution in [0.4, 0.5) is 0 Å². The molecule has 0 unspecified atom stereocenters. The highest BCUT2D eigenvalue weighted by Gasteiger charge is 2.06. The van der Waals surface area contributed by atoms with Gasteiger partial charge in [0.15, 0.2) is 0 Å². The lowest BCUT2D eigenvalue weighted by atomic mass is 10.2. The molecule has 0 amide bonds. The van der Waals surface area contributed by atoms with Crippen molar-refractivity contribution in [2.24, 2.45) is 0 Å². The van der Waals surface area contributed by atoms with Crippen LogP contribution in [0.1, 0.15) is 16.1 Å². The third-order valence-electron chi connectivity index (χ3n) is 3.33. The monoisotopic (exact) mass is 318 g/mol. The average molecular weight is 319 g/mol. The molecule has 108 valence electrons. The van der Waals surface area contributed by atoms with E-state index >= 15 is 0 Å². The molecule has 0 atom stereocenters. The molecule has 2 heterocycles. The van der Waals surface area contributed by atoms with Crippen molar-refractivity contribution in [3.05, 3.63) is 57.1 Å². The van der Waals surface area contributed by atoms with Crippen molar-refractivity contribution in [2.75, 3.05) is 6.61 Å². The Labute approximate surface area is 132 Å². The van der Waals surface area contributed by atoms with E-state index in [4.69, 9.17) is 16.3 Å². The standard InChI is InChI=1S/C16H15ClN2OS/c1-11-15(21-10-18-11)6-7-20-9-13-8-12-4-2-3-5-14(12)19-16(13)17/h2-5,8,10H,6-7,9H2,1H3. The fourth-order valence-corrected chi connectivity index (χ4v) is 3.11. The zero-order chi connectivity index (χ0) is 14.7. The second-order valence-electron chi connectivity index (χ2n) is 4.79. The summed E-state index contributed by atoms with van der Waals surface area (Å²) in [6, 6.07) is 9.98. The first-order chi connectivity index (χ1) is 10.2. The number of hydrogen-bond donors (Lipinski definition) is 0. The highest BCUT2D eigenvalue weighted by Crippen LogP contribution is 2.21. The Hall–Kier alpha value is -1.49. The molecule has 0 saturated heterocycles. The zero-order valence-corrected chi connectivity index (χ0v) is 13.2. The molecule has 1 aromatic carbocycles. The van der Waals surface area contributed by atoms with Gasteiger partial charge < -0.3 is 4.74 Å². The van der Waals surface area contributed by atoms with Gasteiger partial charge in [-0.1, -0.05) is 29.8 Å². The molecule has 3 aromatic rings. The predicted octanol–water partition coefficient (Wildman–Crippen LogP) is 4.41. The SMILES string of the molecule is Cc1ncsc1CCOCc1cc2ccccc2nc1Cl. The molecule has 21 heavy (non-hydrogen) atoms. The molecule has 3 nitrogen and oxygen atoms in total. The van der Waals surface area contributed by atoms with Gasteiger partial charge in [-0.05, 0) is 19.1 Å². The van der Waals surface area contributed by atoms with Crippen LogP contribution in [0.3, 0.4) is 0 Å². The van der Waals surface area contributed by atoms with Crippen molar-refractivity contribution in [2.45, 2.75) is 20.0 Å². The van der Waals surface area contributed by atoms with Crippen LogP contribution in [0.25, 0.3) is 10.9 Å². The number of ether oxygens (including phenoxy) is 1. The lowest BCUT2D eigenvalue weighted by Gasteiger charge is -2.07. The van der Waals surface area contributed by atoms with Gasteiger partial charge in [-0.3, -0.25) is 0 Å². The minimum absolute atomic E-state index is 0.481. The normalized spacial score (nSPS) is 11.1. The van der Waals surface area contributed by atoms with E-state index in [2.05, 4.69) is 9.97 Å². The average Bonchev–Trinajstić information content (AvgIpc) is 2.89. The fourth-order valence-electron chi connectivity index (χ4n) is 2.15. The predicted molar refractivity (Wildman–Crippen MR) is 87.0 cm³/mol. The van der Waals surface area contributed by atoms with E-state index in [0.717, 1.165) is 28.6 Å². The largest absolute Gasteiger partial charge is 0.376 e. The van der Waals surface area contributed by atoms with Gasteiger partial charge in [0, 0.05) is 22.2 Å². The Morgan fingerprint density at radius 1 is 1.29 bits per heavy atom. The minimum Gasteiger partial charge on any atom is -0.376 e. The first-order valence-electron chi connectivity index (χ1n) is 6.75. The minimum atomic E-state index is 0.481. The fraction of sp³-hybridized carbons (Fsp3) is 0.250. The van der Waals surface area contributed by atoms with E-state index in [-0.39, 0.29) is 0 Å². The van der Waals surface area contributed by atoms with Gasteiger partial charge >= 0.3 is 0 Å². The smallest absolute Gasteiger partial charge is 0.135 e. The number of hydrogen-bond acceptors (Lipinski definition) is 4. The lowest BCUT2D eigenvalue weighted by Crippen LogP contribution is -2.00. The summed E-state index contributed by atoms with van der Waals surface area (Å²) in [7, 11) is 0. The maximum atomic E-state index is 6.21. The molecule has 3 rings (SSSR count). The van der Waals surface area contributed by atoms with Crippen molar-refractivity contribution in [1.29, 1.82) is 0 Å². The summed E-state index contributed by atoms with van der Waals surface area (Å²) < 4.78 is 5.73. The molecular weight excluding hydrogens is 304 g/mol. The van der Waals surface area contributed by atoms with Crippen LogP contribution in [0.15, 0.2) is 35.8 Å². The van der Waals surface area contributed by atoms with Crippen molar-refractivity contribution >= 4 is 33.8 Å². The van der Waals surface area contributed by atoms with Crippen LogP contribution in [0.5, 0.6) is 0 Å². The lowest BCUT2D eigenvalue weighted by molar-refractivity contribution is 0.124. The number of para-hydroxylation sites is 1. The molecule has 2 aromatic heterocycles. The van der Waals surface area contributed by atoms with Crippen LogP contribution in [0.2, 0.25) is 5.15 Å². The van der Waals surface area contributed by atoms with E-state index in [1.54, 1.807) is 11.3 Å². The molecule has 0 N–H and O–H groups in total. The summed E-state index contributed by atoms with van der Waals surface area (Å²) in [5.74, 6) is 0. The summed E-state index contributed by atoms with van der Waals surface area (Å²) in [5, 5.41) is 1.60. The van der Waals surface area contributed by atoms with Crippen molar-refractivity contribution in [3.8, 4) is 0 Å². The van der Waals surface area contributed by atoms with Crippen LogP contribution in [-0.4, -0.2) is 16.6 Å². The second-order valence-corrected chi connectivity index (χ2v) is 6.09. The van der Waals surface area contributed by atoms with Gasteiger partial charge in [-0.15, -0.1) is 11.3 Å². The first-order valence-corrected chi connectivity index (χ1v) is 8.00. The summed E-state index contributed by atoms with van der Waals surface area (Å²) in [6.45, 7) is 3.16. The highest BCUT2D eigenvalue weighted by atomic mass is 35.5. The summed E-state index contributed by atoms with van der Waals surface area (Å²) >= 11 is 7.88. The highest BCUT2D eigenvalue weighted by molar-refractivity contribution is 7.09. The van der Waals surface area contributed by atoms with Crippen LogP contribution < -0.4 is 0 Å². The van der Waals surface area contributed by atoms with Crippen LogP contribution >= 0.6 is 22.9 Å². The summed E-state index contributed by atoms with van der Waals surface area (Å²) in [6.07, 6.45) is 0.884. The first kappa shape index (κ1) is 14.4. The molecule has 0 aliphatic carbocycles. The van der Waals surface area contributed by atoms with E-state index in [1.165, 1.54) is 4.88 Å². The number of benzene rings is 1. The van der Waals surface area contributed by atoms with E-state index in [9.17, 15) is 0 Å². The molecule has 0 aliphatic heterocycles. The number of thiazole rings is 1. The number of rotatable bonds is 5. The topological polar surface area (TPSA) is 35.0 Å². The number of nitrogens with zero attached hydrogens (tertiary/aromatic N) is 2. The Kier molecular flexibility index (Phi) is 4.48. The van der Waals surface area contributed by atoms with Crippen LogP contribution in [-0.2, 0) is 17.8 Å². The quantitative estimate of drug-likeness (QED) is 0.516. The Morgan fingerprint density at radius 3 is 2.95 bits per heavy atom. The second kappa shape index (κ2) is 6.52. The maximum Gasteiger partial charge on any atom is 0.135 e. The molecule has 0 radical (unpaired) electrons. The summed E-state index contributed by atoms with van der Waals surface area (Å²) in [5.41, 5.74) is 4.80. The van der Waals surface area contributed by atoms with Gasteiger partial charge in [0.25, 0.3) is 0 Å². The Morgan fingerprint density at radius 2 is 2.14 bits per heavy atom. The summed E-state index contributed by atoms with van der Waals surface area (Å²) in [4.78, 5) is 9.91. The van der Waals surface area contributed by atoms with Crippen molar-refractivity contribution < 1.29 is 4.74 Å². The van der Waals surface area contributed by atoms with Crippen LogP contribution in [0, 0.1) is 6.92 Å². The molecule has 0 bridgehead atoms. The van der Waals surface area contributed by atoms with E-state index < -0.39 is 0 Å². The van der Waals surface area contributed by atoms with Crippen molar-refractivity contribution in [1.82, 2.24) is 9.97 Å². The molecule has 0 fully saturated rings. The number of aryl methyl sites for hydroxylation is 1. The third kappa shape index (κ3) is 3.40. The van der Waals surface area contributed by atoms with Crippen molar-refractivity contribution in [3.63, 3.8) is 0 Å².